The summed E-state index contributed by atoms with van der Waals surface area (Å²) >= 11 is 0. The summed E-state index contributed by atoms with van der Waals surface area (Å²) in [6, 6.07) is 11.6. The Kier molecular flexibility index (Phi) is 5.43. The Labute approximate surface area is 156 Å². The fourth-order valence-electron chi connectivity index (χ4n) is 3.15. The molecule has 0 radical (unpaired) electrons. The van der Waals surface area contributed by atoms with E-state index in [0.29, 0.717) is 19.5 Å². The van der Waals surface area contributed by atoms with Crippen LogP contribution in [0.5, 0.6) is 5.75 Å². The number of hydrogen-bond donors (Lipinski definition) is 0. The molecule has 144 valence electrons. The van der Waals surface area contributed by atoms with Crippen molar-refractivity contribution >= 4 is 22.1 Å². The number of nitrogens with zero attached hydrogens (tertiary/aromatic N) is 2. The molecule has 27 heavy (non-hydrogen) atoms. The number of carbonyl (C=O) groups excluding carboxylic acids is 1. The molecule has 1 aliphatic heterocycles. The summed E-state index contributed by atoms with van der Waals surface area (Å²) < 4.78 is 51.6. The monoisotopic (exact) mass is 396 g/mol. The third-order valence-electron chi connectivity index (χ3n) is 4.40. The third-order valence-corrected chi connectivity index (χ3v) is 4.80. The molecule has 1 aliphatic rings. The maximum atomic E-state index is 14.0. The zero-order valence-corrected chi connectivity index (χ0v) is 15.3. The molecule has 2 aromatic rings. The average molecular weight is 396 g/mol. The number of halogens is 2. The van der Waals surface area contributed by atoms with Crippen LogP contribution in [0.15, 0.2) is 48.5 Å². The molecular formula is C18H18F2N2O4S. The van der Waals surface area contributed by atoms with Crippen LogP contribution in [0.3, 0.4) is 0 Å². The van der Waals surface area contributed by atoms with Gasteiger partial charge in [0, 0.05) is 13.1 Å². The fourth-order valence-corrected chi connectivity index (χ4v) is 3.49. The van der Waals surface area contributed by atoms with Gasteiger partial charge in [0.1, 0.15) is 11.6 Å². The van der Waals surface area contributed by atoms with Gasteiger partial charge in [0.25, 0.3) is 0 Å². The molecule has 0 aliphatic carbocycles. The molecular weight excluding hydrogens is 378 g/mol. The topological polar surface area (TPSA) is 66.9 Å². The number of rotatable bonds is 6. The summed E-state index contributed by atoms with van der Waals surface area (Å²) in [6.07, 6.45) is 0.560. The second-order valence-electron chi connectivity index (χ2n) is 6.28. The highest BCUT2D eigenvalue weighted by Crippen LogP contribution is 2.27. The highest BCUT2D eigenvalue weighted by Gasteiger charge is 2.36. The molecule has 0 spiro atoms. The predicted octanol–water partition coefficient (Wildman–Crippen LogP) is 2.66. The van der Waals surface area contributed by atoms with Crippen molar-refractivity contribution in [1.82, 2.24) is 4.90 Å². The molecule has 0 bridgehead atoms. The van der Waals surface area contributed by atoms with E-state index in [2.05, 4.69) is 4.18 Å². The quantitative estimate of drug-likeness (QED) is 0.703. The van der Waals surface area contributed by atoms with Gasteiger partial charge in [-0.2, -0.15) is 8.42 Å². The summed E-state index contributed by atoms with van der Waals surface area (Å²) in [6.45, 7) is 0.833. The number of likely N-dealkylation sites (N-methyl/N-ethyl adjacent to an activating group) is 1. The number of anilines is 1. The molecule has 1 unspecified atom stereocenters. The number of carbonyl (C=O) groups is 1. The van der Waals surface area contributed by atoms with Crippen LogP contribution < -0.4 is 9.08 Å². The molecule has 6 nitrogen and oxygen atoms in total. The second-order valence-corrected chi connectivity index (χ2v) is 7.23. The molecule has 3 rings (SSSR count). The molecule has 1 heterocycles. The minimum absolute atomic E-state index is 0.133. The number of amides is 1. The van der Waals surface area contributed by atoms with Gasteiger partial charge in [-0.3, -0.25) is 9.69 Å². The van der Waals surface area contributed by atoms with E-state index in [0.717, 1.165) is 5.56 Å². The standard InChI is InChI=1S/C18H18F2N2O4S/c1-21(12-13-6-8-14(9-7-13)26-27(20,24)25)17-10-11-22(18(17)23)16-5-3-2-4-15(16)19/h2-9,17H,10-12H2,1H3. The van der Waals surface area contributed by atoms with E-state index in [1.54, 1.807) is 37.4 Å². The van der Waals surface area contributed by atoms with E-state index in [9.17, 15) is 21.5 Å². The van der Waals surface area contributed by atoms with Crippen LogP contribution >= 0.6 is 0 Å². The summed E-state index contributed by atoms with van der Waals surface area (Å²) in [7, 11) is -3.28. The van der Waals surface area contributed by atoms with Crippen molar-refractivity contribution < 1.29 is 25.7 Å². The summed E-state index contributed by atoms with van der Waals surface area (Å²) in [5, 5.41) is 0. The van der Waals surface area contributed by atoms with E-state index in [1.165, 1.54) is 23.1 Å². The van der Waals surface area contributed by atoms with Crippen LogP contribution in [0.4, 0.5) is 14.0 Å². The maximum Gasteiger partial charge on any atom is 0.488 e. The SMILES string of the molecule is CN(Cc1ccc(OS(=O)(=O)F)cc1)C1CCN(c2ccccc2F)C1=O. The Morgan fingerprint density at radius 3 is 2.48 bits per heavy atom. The summed E-state index contributed by atoms with van der Waals surface area (Å²) in [5.74, 6) is -0.745. The van der Waals surface area contributed by atoms with Crippen molar-refractivity contribution in [3.63, 3.8) is 0 Å². The largest absolute Gasteiger partial charge is 0.488 e. The van der Waals surface area contributed by atoms with Gasteiger partial charge in [0.2, 0.25) is 5.91 Å². The van der Waals surface area contributed by atoms with Gasteiger partial charge >= 0.3 is 10.5 Å². The number of hydrogen-bond acceptors (Lipinski definition) is 5. The third kappa shape index (κ3) is 4.61. The molecule has 2 aromatic carbocycles. The van der Waals surface area contributed by atoms with E-state index < -0.39 is 22.4 Å². The van der Waals surface area contributed by atoms with Crippen molar-refractivity contribution in [3.8, 4) is 5.75 Å². The van der Waals surface area contributed by atoms with Crippen LogP contribution in [0.25, 0.3) is 0 Å². The molecule has 1 fully saturated rings. The van der Waals surface area contributed by atoms with Gasteiger partial charge in [-0.1, -0.05) is 28.2 Å². The minimum atomic E-state index is -5.06. The smallest absolute Gasteiger partial charge is 0.358 e. The van der Waals surface area contributed by atoms with Gasteiger partial charge in [-0.05, 0) is 43.3 Å². The lowest BCUT2D eigenvalue weighted by atomic mass is 10.1. The molecule has 1 atom stereocenters. The summed E-state index contributed by atoms with van der Waals surface area (Å²) in [5.41, 5.74) is 1.06. The Bertz CT molecular complexity index is 935. The average Bonchev–Trinajstić information content (AvgIpc) is 2.97. The minimum Gasteiger partial charge on any atom is -0.358 e. The first-order valence-corrected chi connectivity index (χ1v) is 9.54. The Morgan fingerprint density at radius 1 is 1.19 bits per heavy atom. The lowest BCUT2D eigenvalue weighted by Crippen LogP contribution is -2.39. The zero-order valence-electron chi connectivity index (χ0n) is 14.5. The highest BCUT2D eigenvalue weighted by molar-refractivity contribution is 7.81. The van der Waals surface area contributed by atoms with Crippen LogP contribution in [0.1, 0.15) is 12.0 Å². The van der Waals surface area contributed by atoms with Gasteiger partial charge in [-0.25, -0.2) is 4.39 Å². The van der Waals surface area contributed by atoms with Crippen LogP contribution in [-0.4, -0.2) is 38.9 Å². The molecule has 1 saturated heterocycles. The molecule has 9 heteroatoms. The fraction of sp³-hybridized carbons (Fsp3) is 0.278. The highest BCUT2D eigenvalue weighted by atomic mass is 32.3. The van der Waals surface area contributed by atoms with E-state index in [1.807, 2.05) is 4.90 Å². The zero-order chi connectivity index (χ0) is 19.6. The number of para-hydroxylation sites is 1. The first-order chi connectivity index (χ1) is 12.7. The van der Waals surface area contributed by atoms with Crippen molar-refractivity contribution in [2.24, 2.45) is 0 Å². The van der Waals surface area contributed by atoms with Gasteiger partial charge in [0.15, 0.2) is 0 Å². The first-order valence-electron chi connectivity index (χ1n) is 8.24. The van der Waals surface area contributed by atoms with E-state index in [4.69, 9.17) is 0 Å². The predicted molar refractivity (Wildman–Crippen MR) is 95.7 cm³/mol. The van der Waals surface area contributed by atoms with E-state index in [-0.39, 0.29) is 17.3 Å². The molecule has 0 aromatic heterocycles. The Morgan fingerprint density at radius 2 is 1.85 bits per heavy atom. The Balaban J connectivity index is 1.66. The Hall–Kier alpha value is -2.52. The van der Waals surface area contributed by atoms with Gasteiger partial charge < -0.3 is 9.08 Å². The summed E-state index contributed by atoms with van der Waals surface area (Å²) in [4.78, 5) is 16.0. The van der Waals surface area contributed by atoms with Gasteiger partial charge in [-0.15, -0.1) is 0 Å². The van der Waals surface area contributed by atoms with Crippen LogP contribution in [0.2, 0.25) is 0 Å². The van der Waals surface area contributed by atoms with Crippen molar-refractivity contribution in [3.05, 3.63) is 59.9 Å². The maximum absolute atomic E-state index is 14.0. The molecule has 0 N–H and O–H groups in total. The second kappa shape index (κ2) is 7.61. The lowest BCUT2D eigenvalue weighted by Gasteiger charge is -2.24. The van der Waals surface area contributed by atoms with Crippen LogP contribution in [0, 0.1) is 5.82 Å². The van der Waals surface area contributed by atoms with Gasteiger partial charge in [0.05, 0.1) is 11.7 Å². The van der Waals surface area contributed by atoms with Crippen molar-refractivity contribution in [2.75, 3.05) is 18.5 Å². The van der Waals surface area contributed by atoms with E-state index >= 15 is 0 Å². The van der Waals surface area contributed by atoms with Crippen molar-refractivity contribution in [2.45, 2.75) is 19.0 Å². The molecule has 0 saturated carbocycles. The molecule has 1 amide bonds. The first kappa shape index (κ1) is 19.2. The lowest BCUT2D eigenvalue weighted by molar-refractivity contribution is -0.121. The number of benzene rings is 2. The normalized spacial score (nSPS) is 17.6. The van der Waals surface area contributed by atoms with Crippen molar-refractivity contribution in [1.29, 1.82) is 0 Å². The van der Waals surface area contributed by atoms with Crippen LogP contribution in [-0.2, 0) is 21.8 Å².